The molecular weight excluding hydrogens is 332 g/mol. The molecule has 0 saturated carbocycles. The number of anilines is 1. The highest BCUT2D eigenvalue weighted by Crippen LogP contribution is 2.22. The summed E-state index contributed by atoms with van der Waals surface area (Å²) < 4.78 is 5.72. The number of nitro benzene ring substituents is 1. The molecule has 2 aromatic rings. The average molecular weight is 352 g/mol. The smallest absolute Gasteiger partial charge is 0.271 e. The monoisotopic (exact) mass is 352 g/mol. The van der Waals surface area contributed by atoms with E-state index in [1.165, 1.54) is 6.07 Å². The Morgan fingerprint density at radius 3 is 2.62 bits per heavy atom. The lowest BCUT2D eigenvalue weighted by atomic mass is 10.2. The minimum absolute atomic E-state index is 0.123. The van der Waals surface area contributed by atoms with Gasteiger partial charge >= 0.3 is 0 Å². The van der Waals surface area contributed by atoms with Gasteiger partial charge in [-0.15, -0.1) is 0 Å². The SMILES string of the molecule is N#Cc1cccc(OCCN2CCN(c3cccc([N+](=O)[O-])c3)CC2)c1. The van der Waals surface area contributed by atoms with E-state index in [9.17, 15) is 10.1 Å². The normalized spacial score (nSPS) is 14.7. The van der Waals surface area contributed by atoms with E-state index in [2.05, 4.69) is 15.9 Å². The summed E-state index contributed by atoms with van der Waals surface area (Å²) in [7, 11) is 0. The summed E-state index contributed by atoms with van der Waals surface area (Å²) in [5.41, 5.74) is 1.61. The third kappa shape index (κ3) is 4.49. The van der Waals surface area contributed by atoms with Gasteiger partial charge in [0.1, 0.15) is 12.4 Å². The molecule has 0 amide bonds. The lowest BCUT2D eigenvalue weighted by molar-refractivity contribution is -0.384. The first-order valence-corrected chi connectivity index (χ1v) is 8.50. The van der Waals surface area contributed by atoms with Crippen molar-refractivity contribution in [2.24, 2.45) is 0 Å². The molecule has 1 saturated heterocycles. The van der Waals surface area contributed by atoms with Crippen molar-refractivity contribution < 1.29 is 9.66 Å². The second kappa shape index (κ2) is 8.32. The molecule has 0 aliphatic carbocycles. The second-order valence-corrected chi connectivity index (χ2v) is 6.09. The van der Waals surface area contributed by atoms with Crippen molar-refractivity contribution in [3.05, 3.63) is 64.2 Å². The van der Waals surface area contributed by atoms with Gasteiger partial charge in [-0.1, -0.05) is 12.1 Å². The van der Waals surface area contributed by atoms with E-state index in [-0.39, 0.29) is 10.6 Å². The molecule has 7 nitrogen and oxygen atoms in total. The Hall–Kier alpha value is -3.11. The number of hydrogen-bond donors (Lipinski definition) is 0. The maximum absolute atomic E-state index is 10.9. The number of piperazine rings is 1. The van der Waals surface area contributed by atoms with Crippen LogP contribution < -0.4 is 9.64 Å². The van der Waals surface area contributed by atoms with Gasteiger partial charge < -0.3 is 9.64 Å². The number of hydrogen-bond acceptors (Lipinski definition) is 6. The van der Waals surface area contributed by atoms with Crippen LogP contribution >= 0.6 is 0 Å². The Labute approximate surface area is 152 Å². The van der Waals surface area contributed by atoms with Crippen LogP contribution in [0.3, 0.4) is 0 Å². The van der Waals surface area contributed by atoms with Gasteiger partial charge in [-0.25, -0.2) is 0 Å². The van der Waals surface area contributed by atoms with Gasteiger partial charge in [-0.05, 0) is 24.3 Å². The predicted octanol–water partition coefficient (Wildman–Crippen LogP) is 2.67. The lowest BCUT2D eigenvalue weighted by Gasteiger charge is -2.35. The number of nitro groups is 1. The standard InChI is InChI=1S/C19H20N4O3/c20-15-16-3-1-6-19(13-16)26-12-11-21-7-9-22(10-8-21)17-4-2-5-18(14-17)23(24)25/h1-6,13-14H,7-12H2. The molecule has 3 rings (SSSR count). The van der Waals surface area contributed by atoms with Crippen LogP contribution in [0.15, 0.2) is 48.5 Å². The fraction of sp³-hybridized carbons (Fsp3) is 0.316. The highest BCUT2D eigenvalue weighted by Gasteiger charge is 2.18. The molecule has 0 atom stereocenters. The zero-order valence-corrected chi connectivity index (χ0v) is 14.4. The molecule has 0 radical (unpaired) electrons. The van der Waals surface area contributed by atoms with Crippen molar-refractivity contribution >= 4 is 11.4 Å². The number of nitriles is 1. The molecule has 0 N–H and O–H groups in total. The molecule has 1 fully saturated rings. The summed E-state index contributed by atoms with van der Waals surface area (Å²) in [6.07, 6.45) is 0. The number of rotatable bonds is 6. The van der Waals surface area contributed by atoms with Gasteiger partial charge in [0.15, 0.2) is 0 Å². The Bertz CT molecular complexity index is 810. The third-order valence-corrected chi connectivity index (χ3v) is 4.42. The second-order valence-electron chi connectivity index (χ2n) is 6.09. The molecule has 1 heterocycles. The minimum atomic E-state index is -0.363. The van der Waals surface area contributed by atoms with Crippen molar-refractivity contribution in [1.82, 2.24) is 4.90 Å². The van der Waals surface area contributed by atoms with Crippen LogP contribution in [0.5, 0.6) is 5.75 Å². The van der Waals surface area contributed by atoms with Crippen LogP contribution in [0.4, 0.5) is 11.4 Å². The van der Waals surface area contributed by atoms with Gasteiger partial charge in [-0.3, -0.25) is 15.0 Å². The first kappa shape index (κ1) is 17.7. The first-order valence-electron chi connectivity index (χ1n) is 8.50. The molecule has 0 unspecified atom stereocenters. The molecule has 0 bridgehead atoms. The quantitative estimate of drug-likeness (QED) is 0.587. The number of ether oxygens (including phenoxy) is 1. The van der Waals surface area contributed by atoms with Crippen LogP contribution in [0.25, 0.3) is 0 Å². The molecular formula is C19H20N4O3. The summed E-state index contributed by atoms with van der Waals surface area (Å²) in [6.45, 7) is 4.77. The minimum Gasteiger partial charge on any atom is -0.492 e. The number of nitrogens with zero attached hydrogens (tertiary/aromatic N) is 4. The van der Waals surface area contributed by atoms with Crippen molar-refractivity contribution in [1.29, 1.82) is 5.26 Å². The molecule has 1 aliphatic heterocycles. The van der Waals surface area contributed by atoms with Gasteiger partial charge in [-0.2, -0.15) is 5.26 Å². The summed E-state index contributed by atoms with van der Waals surface area (Å²) >= 11 is 0. The number of non-ortho nitro benzene ring substituents is 1. The predicted molar refractivity (Wildman–Crippen MR) is 98.4 cm³/mol. The van der Waals surface area contributed by atoms with E-state index >= 15 is 0 Å². The zero-order valence-electron chi connectivity index (χ0n) is 14.4. The molecule has 0 aromatic heterocycles. The zero-order chi connectivity index (χ0) is 18.4. The van der Waals surface area contributed by atoms with Crippen LogP contribution in [-0.2, 0) is 0 Å². The van der Waals surface area contributed by atoms with Gasteiger partial charge in [0.05, 0.1) is 16.6 Å². The van der Waals surface area contributed by atoms with Gasteiger partial charge in [0, 0.05) is 50.5 Å². The van der Waals surface area contributed by atoms with E-state index < -0.39 is 0 Å². The highest BCUT2D eigenvalue weighted by molar-refractivity contribution is 5.53. The van der Waals surface area contributed by atoms with E-state index in [0.717, 1.165) is 38.4 Å². The Balaban J connectivity index is 1.46. The van der Waals surface area contributed by atoms with Crippen molar-refractivity contribution in [3.8, 4) is 11.8 Å². The van der Waals surface area contributed by atoms with Gasteiger partial charge in [0.2, 0.25) is 0 Å². The molecule has 7 heteroatoms. The Morgan fingerprint density at radius 2 is 1.88 bits per heavy atom. The lowest BCUT2D eigenvalue weighted by Crippen LogP contribution is -2.47. The molecule has 1 aliphatic rings. The van der Waals surface area contributed by atoms with Crippen LogP contribution in [0.1, 0.15) is 5.56 Å². The van der Waals surface area contributed by atoms with Crippen LogP contribution in [0.2, 0.25) is 0 Å². The largest absolute Gasteiger partial charge is 0.492 e. The average Bonchev–Trinajstić information content (AvgIpc) is 2.69. The fourth-order valence-electron chi connectivity index (χ4n) is 2.98. The third-order valence-electron chi connectivity index (χ3n) is 4.42. The molecule has 0 spiro atoms. The van der Waals surface area contributed by atoms with Crippen molar-refractivity contribution in [2.75, 3.05) is 44.2 Å². The first-order chi connectivity index (χ1) is 12.7. The van der Waals surface area contributed by atoms with Crippen LogP contribution in [0, 0.1) is 21.4 Å². The van der Waals surface area contributed by atoms with E-state index in [0.29, 0.717) is 17.9 Å². The molecule has 134 valence electrons. The summed E-state index contributed by atoms with van der Waals surface area (Å²) in [5.74, 6) is 0.708. The van der Waals surface area contributed by atoms with E-state index in [1.807, 2.05) is 18.2 Å². The highest BCUT2D eigenvalue weighted by atomic mass is 16.6. The van der Waals surface area contributed by atoms with Crippen LogP contribution in [-0.4, -0.2) is 49.2 Å². The number of benzene rings is 2. The van der Waals surface area contributed by atoms with E-state index in [1.54, 1.807) is 24.3 Å². The van der Waals surface area contributed by atoms with Crippen molar-refractivity contribution in [3.63, 3.8) is 0 Å². The van der Waals surface area contributed by atoms with E-state index in [4.69, 9.17) is 10.00 Å². The topological polar surface area (TPSA) is 82.6 Å². The van der Waals surface area contributed by atoms with Crippen molar-refractivity contribution in [2.45, 2.75) is 0 Å². The summed E-state index contributed by atoms with van der Waals surface area (Å²) in [6, 6.07) is 16.0. The summed E-state index contributed by atoms with van der Waals surface area (Å²) in [4.78, 5) is 15.0. The summed E-state index contributed by atoms with van der Waals surface area (Å²) in [5, 5.41) is 19.8. The fourth-order valence-corrected chi connectivity index (χ4v) is 2.98. The Kier molecular flexibility index (Phi) is 5.66. The molecule has 2 aromatic carbocycles. The maximum Gasteiger partial charge on any atom is 0.271 e. The van der Waals surface area contributed by atoms with Gasteiger partial charge in [0.25, 0.3) is 5.69 Å². The maximum atomic E-state index is 10.9. The molecule has 26 heavy (non-hydrogen) atoms. The Morgan fingerprint density at radius 1 is 1.12 bits per heavy atom.